The predicted molar refractivity (Wildman–Crippen MR) is 96.5 cm³/mol. The zero-order chi connectivity index (χ0) is 14.8. The number of rotatable bonds is 0. The van der Waals surface area contributed by atoms with E-state index in [-0.39, 0.29) is 0 Å². The second kappa shape index (κ2) is 6.05. The van der Waals surface area contributed by atoms with Crippen LogP contribution in [0.15, 0.2) is 63.5 Å². The van der Waals surface area contributed by atoms with Crippen LogP contribution in [0.1, 0.15) is 16.7 Å². The van der Waals surface area contributed by atoms with Crippen LogP contribution in [0.3, 0.4) is 0 Å². The summed E-state index contributed by atoms with van der Waals surface area (Å²) in [5.74, 6) is 6.59. The van der Waals surface area contributed by atoms with Crippen LogP contribution in [0.25, 0.3) is 10.8 Å². The second-order valence-corrected chi connectivity index (χ2v) is 6.59. The van der Waals surface area contributed by atoms with Crippen LogP contribution in [-0.2, 0) is 0 Å². The summed E-state index contributed by atoms with van der Waals surface area (Å²) in [6.45, 7) is 2.07. The fourth-order valence-corrected chi connectivity index (χ4v) is 3.03. The van der Waals surface area contributed by atoms with Crippen LogP contribution in [0.5, 0.6) is 0 Å². The van der Waals surface area contributed by atoms with E-state index in [4.69, 9.17) is 0 Å². The Hall–Kier alpha value is -1.56. The van der Waals surface area contributed by atoms with E-state index >= 15 is 0 Å². The first kappa shape index (κ1) is 14.4. The van der Waals surface area contributed by atoms with Gasteiger partial charge >= 0.3 is 0 Å². The Bertz CT molecular complexity index is 883. The van der Waals surface area contributed by atoms with E-state index in [9.17, 15) is 0 Å². The van der Waals surface area contributed by atoms with E-state index in [1.807, 2.05) is 18.2 Å². The minimum atomic E-state index is 1.01. The minimum Gasteiger partial charge on any atom is -0.0616 e. The molecule has 0 aliphatic heterocycles. The molecule has 3 aromatic carbocycles. The number of hydrogen-bond donors (Lipinski definition) is 0. The van der Waals surface area contributed by atoms with Crippen LogP contribution >= 0.6 is 31.9 Å². The van der Waals surface area contributed by atoms with Gasteiger partial charge < -0.3 is 0 Å². The molecule has 0 aliphatic rings. The number of hydrogen-bond acceptors (Lipinski definition) is 0. The monoisotopic (exact) mass is 398 g/mol. The van der Waals surface area contributed by atoms with Crippen LogP contribution in [0, 0.1) is 18.8 Å². The molecule has 0 nitrogen and oxygen atoms in total. The first-order valence-corrected chi connectivity index (χ1v) is 8.19. The summed E-state index contributed by atoms with van der Waals surface area (Å²) in [5, 5.41) is 2.37. The standard InChI is InChI=1S/C19H12Br2/c1-13-6-10-18(20)15(12-13)7-9-17-16-5-3-2-4-14(16)8-11-19(17)21/h2-6,8,10-12H,1H3. The van der Waals surface area contributed by atoms with Crippen molar-refractivity contribution < 1.29 is 0 Å². The maximum Gasteiger partial charge on any atom is 0.0469 e. The number of fused-ring (bicyclic) bond motifs is 1. The molecule has 0 saturated carbocycles. The molecule has 0 spiro atoms. The van der Waals surface area contributed by atoms with Crippen LogP contribution < -0.4 is 0 Å². The highest BCUT2D eigenvalue weighted by Gasteiger charge is 2.03. The topological polar surface area (TPSA) is 0 Å². The van der Waals surface area contributed by atoms with Gasteiger partial charge in [-0.25, -0.2) is 0 Å². The van der Waals surface area contributed by atoms with Gasteiger partial charge in [0.1, 0.15) is 0 Å². The normalized spacial score (nSPS) is 10.2. The first-order chi connectivity index (χ1) is 10.1. The number of benzene rings is 3. The highest BCUT2D eigenvalue weighted by Crippen LogP contribution is 2.26. The molecule has 3 rings (SSSR count). The summed E-state index contributed by atoms with van der Waals surface area (Å²) in [4.78, 5) is 0. The van der Waals surface area contributed by atoms with E-state index in [1.54, 1.807) is 0 Å². The molecule has 0 N–H and O–H groups in total. The van der Waals surface area contributed by atoms with Gasteiger partial charge in [0.15, 0.2) is 0 Å². The lowest BCUT2D eigenvalue weighted by atomic mass is 10.0. The molecule has 0 amide bonds. The van der Waals surface area contributed by atoms with Crippen LogP contribution in [0.4, 0.5) is 0 Å². The van der Waals surface area contributed by atoms with Gasteiger partial charge in [-0.15, -0.1) is 0 Å². The summed E-state index contributed by atoms with van der Waals surface area (Å²) < 4.78 is 2.05. The van der Waals surface area contributed by atoms with Crippen molar-refractivity contribution in [2.75, 3.05) is 0 Å². The van der Waals surface area contributed by atoms with Crippen molar-refractivity contribution in [1.82, 2.24) is 0 Å². The zero-order valence-electron chi connectivity index (χ0n) is 11.5. The predicted octanol–water partition coefficient (Wildman–Crippen LogP) is 6.07. The maximum atomic E-state index is 3.61. The fraction of sp³-hybridized carbons (Fsp3) is 0.0526. The molecule has 2 heteroatoms. The summed E-state index contributed by atoms with van der Waals surface area (Å²) in [6.07, 6.45) is 0. The molecule has 0 heterocycles. The largest absolute Gasteiger partial charge is 0.0616 e. The SMILES string of the molecule is Cc1ccc(Br)c(C#Cc2c(Br)ccc3ccccc23)c1. The number of halogens is 2. The maximum absolute atomic E-state index is 3.61. The molecule has 0 unspecified atom stereocenters. The summed E-state index contributed by atoms with van der Waals surface area (Å²) >= 11 is 7.17. The van der Waals surface area contributed by atoms with Crippen molar-refractivity contribution in [3.63, 3.8) is 0 Å². The van der Waals surface area contributed by atoms with E-state index in [2.05, 4.69) is 87.0 Å². The molecule has 21 heavy (non-hydrogen) atoms. The average molecular weight is 400 g/mol. The Balaban J connectivity index is 2.17. The quantitative estimate of drug-likeness (QED) is 0.402. The smallest absolute Gasteiger partial charge is 0.0469 e. The molecule has 0 fully saturated rings. The van der Waals surface area contributed by atoms with Crippen molar-refractivity contribution in [2.45, 2.75) is 6.92 Å². The van der Waals surface area contributed by atoms with Crippen molar-refractivity contribution in [3.05, 3.63) is 80.2 Å². The molecule has 0 radical (unpaired) electrons. The van der Waals surface area contributed by atoms with Crippen LogP contribution in [-0.4, -0.2) is 0 Å². The molecule has 0 saturated heterocycles. The molecule has 0 atom stereocenters. The third kappa shape index (κ3) is 3.05. The number of aryl methyl sites for hydroxylation is 1. The third-order valence-electron chi connectivity index (χ3n) is 3.32. The van der Waals surface area contributed by atoms with Gasteiger partial charge in [0.25, 0.3) is 0 Å². The highest BCUT2D eigenvalue weighted by atomic mass is 79.9. The second-order valence-electron chi connectivity index (χ2n) is 4.88. The van der Waals surface area contributed by atoms with Gasteiger partial charge in [-0.2, -0.15) is 0 Å². The van der Waals surface area contributed by atoms with E-state index < -0.39 is 0 Å². The molecule has 3 aromatic rings. The Kier molecular flexibility index (Phi) is 4.14. The van der Waals surface area contributed by atoms with Crippen molar-refractivity contribution >= 4 is 42.6 Å². The lowest BCUT2D eigenvalue weighted by Crippen LogP contribution is -1.84. The van der Waals surface area contributed by atoms with Gasteiger partial charge in [-0.05, 0) is 73.3 Å². The van der Waals surface area contributed by atoms with Gasteiger partial charge in [0, 0.05) is 20.1 Å². The fourth-order valence-electron chi connectivity index (χ4n) is 2.24. The van der Waals surface area contributed by atoms with E-state index in [0.29, 0.717) is 0 Å². The zero-order valence-corrected chi connectivity index (χ0v) is 14.6. The summed E-state index contributed by atoms with van der Waals surface area (Å²) in [6, 6.07) is 18.7. The molecule has 102 valence electrons. The minimum absolute atomic E-state index is 1.01. The van der Waals surface area contributed by atoms with E-state index in [1.165, 1.54) is 16.3 Å². The molecule has 0 aliphatic carbocycles. The highest BCUT2D eigenvalue weighted by molar-refractivity contribution is 9.10. The van der Waals surface area contributed by atoms with Crippen molar-refractivity contribution in [2.24, 2.45) is 0 Å². The van der Waals surface area contributed by atoms with Gasteiger partial charge in [-0.3, -0.25) is 0 Å². The Morgan fingerprint density at radius 2 is 1.57 bits per heavy atom. The molecule has 0 bridgehead atoms. The Labute approximate surface area is 141 Å². The summed E-state index contributed by atoms with van der Waals surface area (Å²) in [5.41, 5.74) is 3.25. The van der Waals surface area contributed by atoms with Gasteiger partial charge in [0.2, 0.25) is 0 Å². The van der Waals surface area contributed by atoms with Crippen molar-refractivity contribution in [3.8, 4) is 11.8 Å². The summed E-state index contributed by atoms with van der Waals surface area (Å²) in [7, 11) is 0. The van der Waals surface area contributed by atoms with E-state index in [0.717, 1.165) is 20.1 Å². The lowest BCUT2D eigenvalue weighted by Gasteiger charge is -2.03. The van der Waals surface area contributed by atoms with Crippen LogP contribution in [0.2, 0.25) is 0 Å². The molecule has 0 aromatic heterocycles. The van der Waals surface area contributed by atoms with Crippen molar-refractivity contribution in [1.29, 1.82) is 0 Å². The Morgan fingerprint density at radius 3 is 2.43 bits per heavy atom. The molecular weight excluding hydrogens is 388 g/mol. The Morgan fingerprint density at radius 1 is 0.810 bits per heavy atom. The van der Waals surface area contributed by atoms with Gasteiger partial charge in [-0.1, -0.05) is 48.2 Å². The lowest BCUT2D eigenvalue weighted by molar-refractivity contribution is 1.43. The third-order valence-corrected chi connectivity index (χ3v) is 4.67. The molecular formula is C19H12Br2. The van der Waals surface area contributed by atoms with Gasteiger partial charge in [0.05, 0.1) is 0 Å². The first-order valence-electron chi connectivity index (χ1n) is 6.60. The average Bonchev–Trinajstić information content (AvgIpc) is 2.49.